The van der Waals surface area contributed by atoms with Gasteiger partial charge in [-0.15, -0.1) is 0 Å². The zero-order valence-electron chi connectivity index (χ0n) is 15.5. The van der Waals surface area contributed by atoms with Gasteiger partial charge in [-0.05, 0) is 13.0 Å². The van der Waals surface area contributed by atoms with Crippen LogP contribution in [0.25, 0.3) is 0 Å². The second-order valence-corrected chi connectivity index (χ2v) is 6.18. The number of hydrogen-bond acceptors (Lipinski definition) is 6. The first-order valence-corrected chi connectivity index (χ1v) is 8.47. The Bertz CT molecular complexity index is 1000. The number of nitriles is 1. The number of pyridine rings is 1. The predicted octanol–water partition coefficient (Wildman–Crippen LogP) is 2.03. The van der Waals surface area contributed by atoms with Crippen molar-refractivity contribution in [3.63, 3.8) is 0 Å². The van der Waals surface area contributed by atoms with Gasteiger partial charge in [0.05, 0.1) is 25.2 Å². The number of para-hydroxylation sites is 1. The molecule has 2 aromatic rings. The first-order valence-electron chi connectivity index (χ1n) is 8.47. The number of nitrogens with zero attached hydrogens (tertiary/aromatic N) is 2. The van der Waals surface area contributed by atoms with Crippen LogP contribution in [0.2, 0.25) is 0 Å². The van der Waals surface area contributed by atoms with E-state index >= 15 is 0 Å². The largest absolute Gasteiger partial charge is 0.496 e. The van der Waals surface area contributed by atoms with Gasteiger partial charge in [-0.3, -0.25) is 4.79 Å². The fourth-order valence-electron chi connectivity index (χ4n) is 3.36. The van der Waals surface area contributed by atoms with Crippen molar-refractivity contribution >= 4 is 0 Å². The average molecular weight is 367 g/mol. The summed E-state index contributed by atoms with van der Waals surface area (Å²) in [5.74, 6) is 0.254. The minimum Gasteiger partial charge on any atom is -0.496 e. The lowest BCUT2D eigenvalue weighted by atomic mass is 9.83. The average Bonchev–Trinajstić information content (AvgIpc) is 2.66. The molecule has 2 heterocycles. The number of allylic oxidation sites excluding steroid dienone is 1. The highest BCUT2D eigenvalue weighted by Gasteiger charge is 2.35. The van der Waals surface area contributed by atoms with Crippen molar-refractivity contribution in [3.8, 4) is 17.6 Å². The summed E-state index contributed by atoms with van der Waals surface area (Å²) >= 11 is 0. The minimum atomic E-state index is -0.670. The van der Waals surface area contributed by atoms with Crippen LogP contribution in [-0.4, -0.2) is 25.4 Å². The number of aromatic nitrogens is 1. The number of aryl methyl sites for hydroxylation is 1. The van der Waals surface area contributed by atoms with Crippen molar-refractivity contribution in [3.05, 3.63) is 69.0 Å². The molecule has 1 unspecified atom stereocenters. The number of hydrogen-bond donors (Lipinski definition) is 1. The third kappa shape index (κ3) is 3.15. The third-order valence-electron chi connectivity index (χ3n) is 4.66. The van der Waals surface area contributed by atoms with E-state index in [4.69, 9.17) is 19.9 Å². The molecule has 7 nitrogen and oxygen atoms in total. The van der Waals surface area contributed by atoms with Gasteiger partial charge in [0, 0.05) is 31.0 Å². The Balaban J connectivity index is 2.31. The van der Waals surface area contributed by atoms with Crippen LogP contribution < -0.4 is 20.8 Å². The molecule has 0 saturated carbocycles. The molecule has 0 radical (unpaired) electrons. The van der Waals surface area contributed by atoms with Crippen molar-refractivity contribution in [1.29, 1.82) is 5.26 Å². The van der Waals surface area contributed by atoms with Crippen LogP contribution in [0.15, 0.2) is 46.6 Å². The molecule has 1 aromatic heterocycles. The van der Waals surface area contributed by atoms with Crippen molar-refractivity contribution in [2.45, 2.75) is 19.4 Å². The molecule has 3 rings (SSSR count). The highest BCUT2D eigenvalue weighted by molar-refractivity contribution is 5.58. The summed E-state index contributed by atoms with van der Waals surface area (Å²) in [6.45, 7) is 2.61. The van der Waals surface area contributed by atoms with Crippen LogP contribution in [0.1, 0.15) is 22.7 Å². The van der Waals surface area contributed by atoms with E-state index in [1.807, 2.05) is 25.1 Å². The van der Waals surface area contributed by atoms with Gasteiger partial charge in [0.2, 0.25) is 5.88 Å². The van der Waals surface area contributed by atoms with Gasteiger partial charge in [0.15, 0.2) is 0 Å². The van der Waals surface area contributed by atoms with E-state index in [0.717, 1.165) is 5.69 Å². The number of benzene rings is 1. The van der Waals surface area contributed by atoms with E-state index in [2.05, 4.69) is 6.07 Å². The maximum absolute atomic E-state index is 13.3. The van der Waals surface area contributed by atoms with Crippen LogP contribution in [0, 0.1) is 18.3 Å². The smallest absolute Gasteiger partial charge is 0.258 e. The van der Waals surface area contributed by atoms with Crippen molar-refractivity contribution in [1.82, 2.24) is 4.57 Å². The molecule has 1 aliphatic rings. The first kappa shape index (κ1) is 18.5. The molecule has 1 aromatic carbocycles. The monoisotopic (exact) mass is 367 g/mol. The molecular formula is C20H21N3O4. The molecule has 1 aliphatic heterocycles. The van der Waals surface area contributed by atoms with Crippen LogP contribution in [0.3, 0.4) is 0 Å². The quantitative estimate of drug-likeness (QED) is 0.868. The maximum Gasteiger partial charge on any atom is 0.258 e. The zero-order chi connectivity index (χ0) is 19.6. The molecule has 140 valence electrons. The second kappa shape index (κ2) is 7.56. The Kier molecular flexibility index (Phi) is 5.19. The Hall–Kier alpha value is -3.24. The Morgan fingerprint density at radius 3 is 2.74 bits per heavy atom. The van der Waals surface area contributed by atoms with Crippen LogP contribution >= 0.6 is 0 Å². The number of ether oxygens (including phenoxy) is 3. The molecule has 2 N–H and O–H groups in total. The van der Waals surface area contributed by atoms with Crippen LogP contribution in [0.5, 0.6) is 11.5 Å². The molecule has 1 atom stereocenters. The van der Waals surface area contributed by atoms with Gasteiger partial charge in [0.25, 0.3) is 5.56 Å². The topological polar surface area (TPSA) is 99.5 Å². The number of nitrogens with two attached hydrogens (primary N) is 1. The fraction of sp³-hybridized carbons (Fsp3) is 0.300. The first-order chi connectivity index (χ1) is 13.0. The fourth-order valence-corrected chi connectivity index (χ4v) is 3.36. The summed E-state index contributed by atoms with van der Waals surface area (Å²) in [5.41, 5.74) is 7.73. The second-order valence-electron chi connectivity index (χ2n) is 6.18. The van der Waals surface area contributed by atoms with Crippen LogP contribution in [-0.2, 0) is 11.3 Å². The van der Waals surface area contributed by atoms with Gasteiger partial charge < -0.3 is 24.5 Å². The number of fused-ring (bicyclic) bond motifs is 1. The van der Waals surface area contributed by atoms with Gasteiger partial charge in [-0.2, -0.15) is 5.26 Å². The summed E-state index contributed by atoms with van der Waals surface area (Å²) in [5, 5.41) is 9.70. The van der Waals surface area contributed by atoms with Crippen molar-refractivity contribution in [2.24, 2.45) is 5.73 Å². The number of methoxy groups -OCH3 is 2. The molecule has 0 fully saturated rings. The highest BCUT2D eigenvalue weighted by Crippen LogP contribution is 2.43. The molecule has 0 saturated heterocycles. The van der Waals surface area contributed by atoms with E-state index < -0.39 is 5.92 Å². The predicted molar refractivity (Wildman–Crippen MR) is 99.6 cm³/mol. The summed E-state index contributed by atoms with van der Waals surface area (Å²) in [6.07, 6.45) is 0. The lowest BCUT2D eigenvalue weighted by Gasteiger charge is -2.28. The maximum atomic E-state index is 13.3. The molecule has 7 heteroatoms. The van der Waals surface area contributed by atoms with Crippen molar-refractivity contribution < 1.29 is 14.2 Å². The standard InChI is InChI=1S/C20H21N3O4/c1-12-10-16-18(20(24)23(12)8-9-25-2)17(14(11-21)19(22)27-16)13-6-4-5-7-15(13)26-3/h4-7,10,17H,8-9,22H2,1-3H3. The summed E-state index contributed by atoms with van der Waals surface area (Å²) in [4.78, 5) is 13.3. The Morgan fingerprint density at radius 2 is 2.07 bits per heavy atom. The Labute approximate surface area is 157 Å². The summed E-state index contributed by atoms with van der Waals surface area (Å²) < 4.78 is 17.8. The van der Waals surface area contributed by atoms with E-state index in [-0.39, 0.29) is 17.0 Å². The lowest BCUT2D eigenvalue weighted by molar-refractivity contribution is 0.185. The molecular weight excluding hydrogens is 346 g/mol. The minimum absolute atomic E-state index is 0.00523. The van der Waals surface area contributed by atoms with Crippen molar-refractivity contribution in [2.75, 3.05) is 20.8 Å². The van der Waals surface area contributed by atoms with E-state index in [1.165, 1.54) is 0 Å². The van der Waals surface area contributed by atoms with E-state index in [0.29, 0.717) is 35.8 Å². The highest BCUT2D eigenvalue weighted by atomic mass is 16.5. The molecule has 27 heavy (non-hydrogen) atoms. The molecule has 0 aliphatic carbocycles. The van der Waals surface area contributed by atoms with Crippen LogP contribution in [0.4, 0.5) is 0 Å². The van der Waals surface area contributed by atoms with E-state index in [9.17, 15) is 10.1 Å². The van der Waals surface area contributed by atoms with Gasteiger partial charge >= 0.3 is 0 Å². The summed E-state index contributed by atoms with van der Waals surface area (Å²) in [6, 6.07) is 11.1. The van der Waals surface area contributed by atoms with Gasteiger partial charge in [-0.1, -0.05) is 18.2 Å². The zero-order valence-corrected chi connectivity index (χ0v) is 15.5. The molecule has 0 spiro atoms. The summed E-state index contributed by atoms with van der Waals surface area (Å²) in [7, 11) is 3.13. The SMILES string of the molecule is COCCn1c(C)cc2c(c1=O)C(c1ccccc1OC)C(C#N)=C(N)O2. The third-order valence-corrected chi connectivity index (χ3v) is 4.66. The Morgan fingerprint density at radius 1 is 1.33 bits per heavy atom. The van der Waals surface area contributed by atoms with Gasteiger partial charge in [0.1, 0.15) is 23.1 Å². The van der Waals surface area contributed by atoms with Gasteiger partial charge in [-0.25, -0.2) is 0 Å². The number of rotatable bonds is 5. The lowest BCUT2D eigenvalue weighted by Crippen LogP contribution is -2.33. The normalized spacial score (nSPS) is 15.7. The molecule has 0 amide bonds. The van der Waals surface area contributed by atoms with E-state index in [1.54, 1.807) is 30.9 Å². The molecule has 0 bridgehead atoms.